The van der Waals surface area contributed by atoms with Gasteiger partial charge in [0.15, 0.2) is 0 Å². The van der Waals surface area contributed by atoms with E-state index in [9.17, 15) is 4.79 Å². The van der Waals surface area contributed by atoms with Crippen LogP contribution in [0.2, 0.25) is 0 Å². The Hall–Kier alpha value is -2.35. The Morgan fingerprint density at radius 1 is 1.05 bits per heavy atom. The van der Waals surface area contributed by atoms with Crippen LogP contribution in [0.25, 0.3) is 16.7 Å². The molecule has 0 atom stereocenters. The van der Waals surface area contributed by atoms with Gasteiger partial charge in [-0.15, -0.1) is 0 Å². The van der Waals surface area contributed by atoms with E-state index < -0.39 is 0 Å². The Kier molecular flexibility index (Phi) is 3.38. The first-order valence-electron chi connectivity index (χ1n) is 7.10. The summed E-state index contributed by atoms with van der Waals surface area (Å²) < 4.78 is 5.88. The zero-order valence-electron chi connectivity index (χ0n) is 12.3. The molecule has 2 nitrogen and oxygen atoms in total. The maximum Gasteiger partial charge on any atom is 0.150 e. The predicted octanol–water partition coefficient (Wildman–Crippen LogP) is 4.35. The van der Waals surface area contributed by atoms with Gasteiger partial charge in [0, 0.05) is 16.6 Å². The van der Waals surface area contributed by atoms with Gasteiger partial charge >= 0.3 is 0 Å². The first-order chi connectivity index (χ1) is 10.1. The molecule has 0 aromatic heterocycles. The minimum atomic E-state index is -0.151. The Labute approximate surface area is 125 Å². The van der Waals surface area contributed by atoms with Crippen LogP contribution >= 0.6 is 0 Å². The minimum Gasteiger partial charge on any atom is -0.492 e. The fraction of sp³-hybridized carbons (Fsp3) is 0.211. The second-order valence-electron chi connectivity index (χ2n) is 6.07. The van der Waals surface area contributed by atoms with E-state index >= 15 is 0 Å². The van der Waals surface area contributed by atoms with Gasteiger partial charge in [0.2, 0.25) is 0 Å². The second kappa shape index (κ2) is 5.21. The lowest BCUT2D eigenvalue weighted by Crippen LogP contribution is -2.17. The summed E-state index contributed by atoms with van der Waals surface area (Å²) in [4.78, 5) is 11.5. The molecule has 21 heavy (non-hydrogen) atoms. The molecule has 0 aliphatic carbocycles. The van der Waals surface area contributed by atoms with Crippen molar-refractivity contribution < 1.29 is 9.53 Å². The number of hydrogen-bond acceptors (Lipinski definition) is 2. The molecule has 0 unspecified atom stereocenters. The van der Waals surface area contributed by atoms with E-state index in [0.717, 1.165) is 28.7 Å². The average molecular weight is 278 g/mol. The largest absolute Gasteiger partial charge is 0.492 e. The van der Waals surface area contributed by atoms with E-state index in [0.29, 0.717) is 12.2 Å². The monoisotopic (exact) mass is 278 g/mol. The highest BCUT2D eigenvalue weighted by Crippen LogP contribution is 2.36. The van der Waals surface area contributed by atoms with Crippen LogP contribution in [0.4, 0.5) is 0 Å². The van der Waals surface area contributed by atoms with Crippen molar-refractivity contribution in [3.8, 4) is 16.9 Å². The molecule has 3 rings (SSSR count). The van der Waals surface area contributed by atoms with E-state index in [-0.39, 0.29) is 5.41 Å². The third-order valence-electron chi connectivity index (χ3n) is 3.67. The molecule has 0 fully saturated rings. The standard InChI is InChI=1S/C19H18O2/c1-19(2)11-16(12-20)17-10-15(8-9-18(17)21-13-19)14-6-4-3-5-7-14/h3-12H,13H2,1-2H3. The topological polar surface area (TPSA) is 26.3 Å². The summed E-state index contributed by atoms with van der Waals surface area (Å²) in [6.45, 7) is 4.71. The van der Waals surface area contributed by atoms with Crippen molar-refractivity contribution in [3.63, 3.8) is 0 Å². The molecule has 2 heteroatoms. The number of hydrogen-bond donors (Lipinski definition) is 0. The highest BCUT2D eigenvalue weighted by atomic mass is 16.5. The lowest BCUT2D eigenvalue weighted by molar-refractivity contribution is -0.103. The molecule has 0 N–H and O–H groups in total. The molecule has 0 amide bonds. The minimum absolute atomic E-state index is 0.151. The smallest absolute Gasteiger partial charge is 0.150 e. The summed E-state index contributed by atoms with van der Waals surface area (Å²) >= 11 is 0. The number of carbonyl (C=O) groups excluding carboxylic acids is 1. The third kappa shape index (κ3) is 2.75. The molecule has 106 valence electrons. The van der Waals surface area contributed by atoms with E-state index in [1.807, 2.05) is 42.5 Å². The molecule has 0 saturated heterocycles. The summed E-state index contributed by atoms with van der Waals surface area (Å²) in [5.74, 6) is 0.776. The van der Waals surface area contributed by atoms with Crippen LogP contribution in [0.3, 0.4) is 0 Å². The van der Waals surface area contributed by atoms with Crippen LogP contribution in [0.1, 0.15) is 19.4 Å². The van der Waals surface area contributed by atoms with Gasteiger partial charge in [-0.05, 0) is 23.3 Å². The van der Waals surface area contributed by atoms with Crippen molar-refractivity contribution in [1.82, 2.24) is 0 Å². The number of benzene rings is 2. The highest BCUT2D eigenvalue weighted by molar-refractivity contribution is 6.08. The van der Waals surface area contributed by atoms with Gasteiger partial charge in [0.05, 0.1) is 6.61 Å². The van der Waals surface area contributed by atoms with Gasteiger partial charge in [-0.1, -0.05) is 56.3 Å². The summed E-state index contributed by atoms with van der Waals surface area (Å²) in [7, 11) is 0. The maximum atomic E-state index is 11.5. The highest BCUT2D eigenvalue weighted by Gasteiger charge is 2.23. The zero-order chi connectivity index (χ0) is 14.9. The van der Waals surface area contributed by atoms with Gasteiger partial charge < -0.3 is 4.74 Å². The van der Waals surface area contributed by atoms with Gasteiger partial charge in [0.1, 0.15) is 12.0 Å². The van der Waals surface area contributed by atoms with Gasteiger partial charge in [-0.3, -0.25) is 4.79 Å². The predicted molar refractivity (Wildman–Crippen MR) is 85.2 cm³/mol. The molecule has 0 saturated carbocycles. The van der Waals surface area contributed by atoms with E-state index in [1.54, 1.807) is 0 Å². The van der Waals surface area contributed by atoms with E-state index in [1.165, 1.54) is 0 Å². The molecule has 2 aromatic carbocycles. The maximum absolute atomic E-state index is 11.5. The van der Waals surface area contributed by atoms with E-state index in [4.69, 9.17) is 4.74 Å². The number of aldehydes is 1. The fourth-order valence-electron chi connectivity index (χ4n) is 2.59. The van der Waals surface area contributed by atoms with Gasteiger partial charge in [-0.2, -0.15) is 0 Å². The molecule has 1 aliphatic heterocycles. The Morgan fingerprint density at radius 2 is 1.81 bits per heavy atom. The number of carbonyl (C=O) groups is 1. The summed E-state index contributed by atoms with van der Waals surface area (Å²) in [6, 6.07) is 16.2. The van der Waals surface area contributed by atoms with Gasteiger partial charge in [-0.25, -0.2) is 0 Å². The quantitative estimate of drug-likeness (QED) is 0.763. The molecule has 0 radical (unpaired) electrons. The average Bonchev–Trinajstić information content (AvgIpc) is 2.64. The normalized spacial score (nSPS) is 16.2. The van der Waals surface area contributed by atoms with Crippen molar-refractivity contribution in [2.24, 2.45) is 5.41 Å². The van der Waals surface area contributed by atoms with E-state index in [2.05, 4.69) is 26.0 Å². The SMILES string of the molecule is CC1(C)C=C(C=O)c2cc(-c3ccccc3)ccc2OC1. The summed E-state index contributed by atoms with van der Waals surface area (Å²) in [5.41, 5.74) is 3.64. The van der Waals surface area contributed by atoms with Crippen LogP contribution in [0.5, 0.6) is 5.75 Å². The van der Waals surface area contributed by atoms with Crippen LogP contribution in [0, 0.1) is 5.41 Å². The van der Waals surface area contributed by atoms with Crippen molar-refractivity contribution in [2.75, 3.05) is 6.61 Å². The van der Waals surface area contributed by atoms with Crippen LogP contribution < -0.4 is 4.74 Å². The molecule has 0 bridgehead atoms. The van der Waals surface area contributed by atoms with Gasteiger partial charge in [0.25, 0.3) is 0 Å². The zero-order valence-corrected chi connectivity index (χ0v) is 12.3. The van der Waals surface area contributed by atoms with Crippen molar-refractivity contribution >= 4 is 11.9 Å². The Bertz CT molecular complexity index is 697. The van der Waals surface area contributed by atoms with Crippen LogP contribution in [0.15, 0.2) is 54.6 Å². The molecule has 1 aliphatic rings. The fourth-order valence-corrected chi connectivity index (χ4v) is 2.59. The third-order valence-corrected chi connectivity index (χ3v) is 3.67. The second-order valence-corrected chi connectivity index (χ2v) is 6.07. The molecular formula is C19H18O2. The number of ether oxygens (including phenoxy) is 1. The lowest BCUT2D eigenvalue weighted by atomic mass is 9.90. The molecule has 0 spiro atoms. The Morgan fingerprint density at radius 3 is 2.52 bits per heavy atom. The summed E-state index contributed by atoms with van der Waals surface area (Å²) in [6.07, 6.45) is 2.92. The molecular weight excluding hydrogens is 260 g/mol. The number of fused-ring (bicyclic) bond motifs is 1. The molecule has 2 aromatic rings. The Balaban J connectivity index is 2.13. The van der Waals surface area contributed by atoms with Crippen LogP contribution in [-0.2, 0) is 4.79 Å². The van der Waals surface area contributed by atoms with Crippen molar-refractivity contribution in [1.29, 1.82) is 0 Å². The summed E-state index contributed by atoms with van der Waals surface area (Å²) in [5, 5.41) is 0. The number of allylic oxidation sites excluding steroid dienone is 1. The first kappa shape index (κ1) is 13.6. The van der Waals surface area contributed by atoms with Crippen molar-refractivity contribution in [3.05, 3.63) is 60.2 Å². The van der Waals surface area contributed by atoms with Crippen LogP contribution in [-0.4, -0.2) is 12.9 Å². The molecule has 1 heterocycles. The number of rotatable bonds is 2. The van der Waals surface area contributed by atoms with Crippen molar-refractivity contribution in [2.45, 2.75) is 13.8 Å². The lowest BCUT2D eigenvalue weighted by Gasteiger charge is -2.18. The first-order valence-corrected chi connectivity index (χ1v) is 7.10.